The van der Waals surface area contributed by atoms with E-state index >= 15 is 0 Å². The summed E-state index contributed by atoms with van der Waals surface area (Å²) in [7, 11) is 6.76. The minimum atomic E-state index is -0.118. The number of carbonyl (C=O) groups is 1. The Morgan fingerprint density at radius 2 is 1.94 bits per heavy atom. The molecule has 0 aromatic heterocycles. The van der Waals surface area contributed by atoms with Crippen LogP contribution in [0.15, 0.2) is 36.4 Å². The number of hydrogen-bond donors (Lipinski definition) is 0. The van der Waals surface area contributed by atoms with Crippen molar-refractivity contribution in [2.24, 2.45) is 5.41 Å². The molecular formula is C31H38IN2O2+. The van der Waals surface area contributed by atoms with E-state index in [1.807, 2.05) is 43.1 Å². The lowest BCUT2D eigenvalue weighted by Gasteiger charge is -2.66. The van der Waals surface area contributed by atoms with Crippen molar-refractivity contribution >= 4 is 29.9 Å². The molecule has 1 saturated carbocycles. The molecule has 36 heavy (non-hydrogen) atoms. The largest absolute Gasteiger partial charge is 0.487 e. The molecule has 2 aromatic rings. The number of likely N-dealkylation sites (tertiary alicyclic amines) is 1. The average Bonchev–Trinajstić information content (AvgIpc) is 3.17. The van der Waals surface area contributed by atoms with Crippen molar-refractivity contribution in [3.8, 4) is 17.6 Å². The first-order valence-corrected chi connectivity index (χ1v) is 13.1. The number of rotatable bonds is 1. The zero-order valence-corrected chi connectivity index (χ0v) is 24.7. The molecule has 2 bridgehead atoms. The molecule has 1 spiro atoms. The van der Waals surface area contributed by atoms with E-state index in [-0.39, 0.29) is 52.9 Å². The molecule has 4 aliphatic rings. The van der Waals surface area contributed by atoms with Crippen molar-refractivity contribution in [2.75, 3.05) is 27.7 Å². The highest BCUT2D eigenvalue weighted by Crippen LogP contribution is 2.69. The number of nitrogens with zero attached hydrogens (tertiary/aromatic N) is 2. The molecular weight excluding hydrogens is 559 g/mol. The van der Waals surface area contributed by atoms with Gasteiger partial charge in [-0.05, 0) is 55.5 Å². The fraction of sp³-hybridized carbons (Fsp3) is 0.516. The predicted octanol–water partition coefficient (Wildman–Crippen LogP) is 5.00. The molecule has 2 aliphatic carbocycles. The van der Waals surface area contributed by atoms with E-state index in [0.717, 1.165) is 53.6 Å². The van der Waals surface area contributed by atoms with E-state index in [2.05, 4.69) is 51.9 Å². The van der Waals surface area contributed by atoms with Gasteiger partial charge in [0.1, 0.15) is 11.9 Å². The summed E-state index contributed by atoms with van der Waals surface area (Å²) in [6, 6.07) is 13.2. The maximum Gasteiger partial charge on any atom is 0.298 e. The SMILES string of the molecule is Cc1cccc(C#CC(=O)N(C)[C@@H]2CC[C@@]3(C)[C@H]4Cc5ccc(C)c6c5[C@@]3(CC[N+]4(C)C)[C@H]2O6)c1.I. The molecule has 0 radical (unpaired) electrons. The van der Waals surface area contributed by atoms with Gasteiger partial charge in [0.2, 0.25) is 0 Å². The highest BCUT2D eigenvalue weighted by atomic mass is 127. The number of aryl methyl sites for hydroxylation is 2. The molecule has 2 aliphatic heterocycles. The lowest BCUT2D eigenvalue weighted by Crippen LogP contribution is -2.76. The summed E-state index contributed by atoms with van der Waals surface area (Å²) >= 11 is 0. The summed E-state index contributed by atoms with van der Waals surface area (Å²) in [4.78, 5) is 15.2. The van der Waals surface area contributed by atoms with Crippen LogP contribution >= 0.6 is 24.0 Å². The number of ether oxygens (including phenoxy) is 1. The molecule has 1 amide bonds. The number of hydrogen-bond acceptors (Lipinski definition) is 2. The van der Waals surface area contributed by atoms with E-state index in [1.165, 1.54) is 16.7 Å². The van der Waals surface area contributed by atoms with Crippen molar-refractivity contribution in [2.45, 2.75) is 70.1 Å². The molecule has 5 atom stereocenters. The van der Waals surface area contributed by atoms with Gasteiger partial charge in [-0.1, -0.05) is 37.1 Å². The lowest BCUT2D eigenvalue weighted by molar-refractivity contribution is -0.932. The number of likely N-dealkylation sites (N-methyl/N-ethyl adjacent to an activating group) is 2. The van der Waals surface area contributed by atoms with Crippen LogP contribution < -0.4 is 4.74 Å². The van der Waals surface area contributed by atoms with Crippen molar-refractivity contribution in [1.82, 2.24) is 4.90 Å². The van der Waals surface area contributed by atoms with Crippen LogP contribution in [0.2, 0.25) is 0 Å². The summed E-state index contributed by atoms with van der Waals surface area (Å²) in [5.41, 5.74) is 6.30. The first-order valence-electron chi connectivity index (χ1n) is 13.1. The van der Waals surface area contributed by atoms with E-state index in [9.17, 15) is 4.79 Å². The molecule has 6 rings (SSSR count). The second kappa shape index (κ2) is 8.49. The van der Waals surface area contributed by atoms with E-state index in [0.29, 0.717) is 6.04 Å². The predicted molar refractivity (Wildman–Crippen MR) is 154 cm³/mol. The second-order valence-corrected chi connectivity index (χ2v) is 12.3. The van der Waals surface area contributed by atoms with Gasteiger partial charge in [-0.15, -0.1) is 24.0 Å². The summed E-state index contributed by atoms with van der Waals surface area (Å²) in [5.74, 6) is 7.00. The smallest absolute Gasteiger partial charge is 0.298 e. The number of quaternary nitrogens is 1. The van der Waals surface area contributed by atoms with Gasteiger partial charge in [0.25, 0.3) is 5.91 Å². The molecule has 0 N–H and O–H groups in total. The molecule has 2 fully saturated rings. The number of halogens is 1. The Hall–Kier alpha value is -2.04. The minimum Gasteiger partial charge on any atom is -0.487 e. The van der Waals surface area contributed by atoms with Gasteiger partial charge in [-0.3, -0.25) is 4.79 Å². The van der Waals surface area contributed by atoms with Crippen LogP contribution in [0.5, 0.6) is 5.75 Å². The zero-order valence-electron chi connectivity index (χ0n) is 22.4. The number of carbonyl (C=O) groups excluding carboxylic acids is 1. The van der Waals surface area contributed by atoms with Gasteiger partial charge in [-0.25, -0.2) is 0 Å². The Balaban J connectivity index is 0.00000267. The molecule has 2 heterocycles. The van der Waals surface area contributed by atoms with Gasteiger partial charge in [0.05, 0.1) is 38.1 Å². The molecule has 190 valence electrons. The summed E-state index contributed by atoms with van der Waals surface area (Å²) in [6.45, 7) is 7.89. The minimum absolute atomic E-state index is 0. The first kappa shape index (κ1) is 25.6. The van der Waals surface area contributed by atoms with Crippen LogP contribution in [0.25, 0.3) is 0 Å². The van der Waals surface area contributed by atoms with Crippen molar-refractivity contribution in [1.29, 1.82) is 0 Å². The highest BCUT2D eigenvalue weighted by molar-refractivity contribution is 14.0. The maximum absolute atomic E-state index is 13.3. The highest BCUT2D eigenvalue weighted by Gasteiger charge is 2.74. The Morgan fingerprint density at radius 1 is 1.17 bits per heavy atom. The van der Waals surface area contributed by atoms with Crippen LogP contribution in [-0.2, 0) is 16.6 Å². The normalized spacial score (nSPS) is 32.2. The Kier molecular flexibility index (Phi) is 6.04. The zero-order chi connectivity index (χ0) is 24.8. The number of piperidine rings is 1. The van der Waals surface area contributed by atoms with Crippen LogP contribution in [0.1, 0.15) is 54.0 Å². The van der Waals surface area contributed by atoms with Crippen LogP contribution in [0.3, 0.4) is 0 Å². The Bertz CT molecular complexity index is 1310. The maximum atomic E-state index is 13.3. The van der Waals surface area contributed by atoms with Crippen LogP contribution in [0.4, 0.5) is 0 Å². The fourth-order valence-electron chi connectivity index (χ4n) is 8.32. The third-order valence-electron chi connectivity index (χ3n) is 10.2. The number of benzene rings is 2. The van der Waals surface area contributed by atoms with E-state index in [4.69, 9.17) is 4.74 Å². The molecule has 1 saturated heterocycles. The third-order valence-corrected chi connectivity index (χ3v) is 10.2. The van der Waals surface area contributed by atoms with Crippen LogP contribution in [0, 0.1) is 31.1 Å². The van der Waals surface area contributed by atoms with Crippen molar-refractivity contribution < 1.29 is 14.0 Å². The molecule has 4 nitrogen and oxygen atoms in total. The second-order valence-electron chi connectivity index (χ2n) is 12.3. The van der Waals surface area contributed by atoms with Gasteiger partial charge in [0.15, 0.2) is 0 Å². The summed E-state index contributed by atoms with van der Waals surface area (Å²) < 4.78 is 8.02. The van der Waals surface area contributed by atoms with Gasteiger partial charge < -0.3 is 14.1 Å². The van der Waals surface area contributed by atoms with E-state index in [1.54, 1.807) is 0 Å². The van der Waals surface area contributed by atoms with E-state index < -0.39 is 0 Å². The van der Waals surface area contributed by atoms with Gasteiger partial charge in [-0.2, -0.15) is 0 Å². The average molecular weight is 598 g/mol. The lowest BCUT2D eigenvalue weighted by atomic mass is 9.43. The van der Waals surface area contributed by atoms with Crippen molar-refractivity contribution in [3.05, 3.63) is 64.2 Å². The Morgan fingerprint density at radius 3 is 2.69 bits per heavy atom. The Labute approximate surface area is 233 Å². The topological polar surface area (TPSA) is 29.5 Å². The monoisotopic (exact) mass is 597 g/mol. The van der Waals surface area contributed by atoms with Crippen LogP contribution in [-0.4, -0.2) is 61.2 Å². The van der Waals surface area contributed by atoms with Crippen molar-refractivity contribution in [3.63, 3.8) is 0 Å². The standard InChI is InChI=1S/C31H37N2O2.HI/c1-20-8-7-9-22(18-20)11-13-26(34)32(4)24-14-15-30(3)25-19-23-12-10-21(2)28-27(23)31(30,29(24)35-28)16-17-33(25,5)6;/h7-10,12,18,24-25,29H,14-17,19H2,1-6H3;1H/q+1;/t24-,25-,29+,30+,31+;/m1./s1. The number of amides is 1. The molecule has 0 unspecified atom stereocenters. The molecule has 2 aromatic carbocycles. The van der Waals surface area contributed by atoms with Gasteiger partial charge in [0, 0.05) is 42.4 Å². The molecule has 5 heteroatoms. The summed E-state index contributed by atoms with van der Waals surface area (Å²) in [5, 5.41) is 0. The fourth-order valence-corrected chi connectivity index (χ4v) is 8.32. The quantitative estimate of drug-likeness (QED) is 0.263. The first-order chi connectivity index (χ1) is 16.6. The third kappa shape index (κ3) is 3.33. The summed E-state index contributed by atoms with van der Waals surface area (Å²) in [6.07, 6.45) is 4.27. The van der Waals surface area contributed by atoms with Gasteiger partial charge >= 0.3 is 0 Å².